The number of oxime groups is 1. The Labute approximate surface area is 122 Å². The van der Waals surface area contributed by atoms with Crippen molar-refractivity contribution in [3.8, 4) is 0 Å². The molecular weight excluding hydrogens is 273 g/mol. The Morgan fingerprint density at radius 2 is 2.24 bits per heavy atom. The van der Waals surface area contributed by atoms with Gasteiger partial charge in [-0.2, -0.15) is 5.10 Å². The standard InChI is InChI=1S/C14H18FN5O/c1-20-9-10(8-18-20)2-3-17-7-11-4-12(14(16)19-21)6-13(15)5-11/h4-6,8-9,17,21H,2-3,7H2,1H3,(H2,16,19). The molecule has 0 aliphatic heterocycles. The van der Waals surface area contributed by atoms with Crippen molar-refractivity contribution in [3.05, 3.63) is 53.1 Å². The van der Waals surface area contributed by atoms with Gasteiger partial charge in [-0.1, -0.05) is 5.16 Å². The first-order valence-corrected chi connectivity index (χ1v) is 6.54. The number of halogens is 1. The van der Waals surface area contributed by atoms with Crippen LogP contribution in [0.3, 0.4) is 0 Å². The van der Waals surface area contributed by atoms with Gasteiger partial charge in [0.25, 0.3) is 0 Å². The van der Waals surface area contributed by atoms with Crippen molar-refractivity contribution < 1.29 is 9.60 Å². The fourth-order valence-corrected chi connectivity index (χ4v) is 2.02. The third-order valence-corrected chi connectivity index (χ3v) is 3.04. The maximum absolute atomic E-state index is 13.5. The molecule has 2 aromatic rings. The fourth-order valence-electron chi connectivity index (χ4n) is 2.02. The van der Waals surface area contributed by atoms with Crippen LogP contribution in [-0.2, 0) is 20.0 Å². The molecule has 0 radical (unpaired) electrons. The molecule has 1 aromatic heterocycles. The Morgan fingerprint density at radius 3 is 2.90 bits per heavy atom. The van der Waals surface area contributed by atoms with Crippen molar-refractivity contribution in [2.45, 2.75) is 13.0 Å². The van der Waals surface area contributed by atoms with Crippen LogP contribution in [0, 0.1) is 5.82 Å². The molecular formula is C14H18FN5O. The molecule has 0 fully saturated rings. The Morgan fingerprint density at radius 1 is 1.43 bits per heavy atom. The Balaban J connectivity index is 1.89. The van der Waals surface area contributed by atoms with E-state index in [1.807, 2.05) is 19.4 Å². The smallest absolute Gasteiger partial charge is 0.170 e. The van der Waals surface area contributed by atoms with Crippen LogP contribution in [0.2, 0.25) is 0 Å². The summed E-state index contributed by atoms with van der Waals surface area (Å²) in [6.45, 7) is 1.25. The Kier molecular flexibility index (Phi) is 4.89. The van der Waals surface area contributed by atoms with E-state index in [9.17, 15) is 4.39 Å². The van der Waals surface area contributed by atoms with Gasteiger partial charge in [0.15, 0.2) is 5.84 Å². The van der Waals surface area contributed by atoms with E-state index in [0.29, 0.717) is 12.1 Å². The van der Waals surface area contributed by atoms with Crippen molar-refractivity contribution in [1.82, 2.24) is 15.1 Å². The van der Waals surface area contributed by atoms with Crippen LogP contribution in [0.1, 0.15) is 16.7 Å². The summed E-state index contributed by atoms with van der Waals surface area (Å²) in [5, 5.41) is 18.8. The molecule has 0 atom stereocenters. The summed E-state index contributed by atoms with van der Waals surface area (Å²) >= 11 is 0. The second-order valence-electron chi connectivity index (χ2n) is 4.78. The Hall–Kier alpha value is -2.41. The average molecular weight is 291 g/mol. The van der Waals surface area contributed by atoms with Crippen molar-refractivity contribution in [3.63, 3.8) is 0 Å². The molecule has 1 aromatic carbocycles. The van der Waals surface area contributed by atoms with E-state index < -0.39 is 5.82 Å². The van der Waals surface area contributed by atoms with E-state index in [-0.39, 0.29) is 5.84 Å². The van der Waals surface area contributed by atoms with Gasteiger partial charge in [0.1, 0.15) is 5.82 Å². The summed E-state index contributed by atoms with van der Waals surface area (Å²) in [5.74, 6) is -0.519. The second kappa shape index (κ2) is 6.85. The van der Waals surface area contributed by atoms with Crippen molar-refractivity contribution in [1.29, 1.82) is 0 Å². The SMILES string of the molecule is Cn1cc(CCNCc2cc(F)cc(/C(N)=N/O)c2)cn1. The normalized spacial score (nSPS) is 11.8. The minimum atomic E-state index is -0.414. The molecule has 0 aliphatic carbocycles. The van der Waals surface area contributed by atoms with Crippen LogP contribution in [0.4, 0.5) is 4.39 Å². The number of amidine groups is 1. The van der Waals surface area contributed by atoms with E-state index in [4.69, 9.17) is 10.9 Å². The third kappa shape index (κ3) is 4.28. The Bertz CT molecular complexity index is 638. The highest BCUT2D eigenvalue weighted by Crippen LogP contribution is 2.09. The first-order chi connectivity index (χ1) is 10.1. The zero-order chi connectivity index (χ0) is 15.2. The molecule has 2 rings (SSSR count). The summed E-state index contributed by atoms with van der Waals surface area (Å²) in [4.78, 5) is 0. The number of hydrogen-bond acceptors (Lipinski definition) is 4. The highest BCUT2D eigenvalue weighted by Gasteiger charge is 2.05. The molecule has 0 bridgehead atoms. The largest absolute Gasteiger partial charge is 0.409 e. The molecule has 0 amide bonds. The molecule has 21 heavy (non-hydrogen) atoms. The summed E-state index contributed by atoms with van der Waals surface area (Å²) in [7, 11) is 1.87. The number of nitrogens with zero attached hydrogens (tertiary/aromatic N) is 3. The first kappa shape index (κ1) is 15.0. The summed E-state index contributed by atoms with van der Waals surface area (Å²) in [6, 6.07) is 4.34. The minimum Gasteiger partial charge on any atom is -0.409 e. The number of hydrogen-bond donors (Lipinski definition) is 3. The number of rotatable bonds is 6. The van der Waals surface area contributed by atoms with Crippen LogP contribution in [-0.4, -0.2) is 27.4 Å². The summed E-state index contributed by atoms with van der Waals surface area (Å²) in [6.07, 6.45) is 4.62. The molecule has 112 valence electrons. The van der Waals surface area contributed by atoms with Gasteiger partial charge in [-0.3, -0.25) is 4.68 Å². The quantitative estimate of drug-likeness (QED) is 0.243. The van der Waals surface area contributed by atoms with Crippen molar-refractivity contribution >= 4 is 5.84 Å². The van der Waals surface area contributed by atoms with Gasteiger partial charge in [-0.25, -0.2) is 4.39 Å². The maximum atomic E-state index is 13.5. The van der Waals surface area contributed by atoms with Gasteiger partial charge >= 0.3 is 0 Å². The molecule has 0 spiro atoms. The highest BCUT2D eigenvalue weighted by atomic mass is 19.1. The molecule has 6 nitrogen and oxygen atoms in total. The monoisotopic (exact) mass is 291 g/mol. The minimum absolute atomic E-state index is 0.105. The maximum Gasteiger partial charge on any atom is 0.170 e. The molecule has 7 heteroatoms. The van der Waals surface area contributed by atoms with Gasteiger partial charge in [-0.15, -0.1) is 0 Å². The van der Waals surface area contributed by atoms with E-state index in [1.54, 1.807) is 10.7 Å². The lowest BCUT2D eigenvalue weighted by Gasteiger charge is -2.07. The van der Waals surface area contributed by atoms with Crippen LogP contribution in [0.15, 0.2) is 35.7 Å². The van der Waals surface area contributed by atoms with Crippen LogP contribution in [0.5, 0.6) is 0 Å². The number of benzene rings is 1. The first-order valence-electron chi connectivity index (χ1n) is 6.54. The van der Waals surface area contributed by atoms with Gasteiger partial charge in [-0.05, 0) is 42.3 Å². The number of aromatic nitrogens is 2. The van der Waals surface area contributed by atoms with Gasteiger partial charge in [0.05, 0.1) is 6.20 Å². The van der Waals surface area contributed by atoms with E-state index in [0.717, 1.165) is 24.1 Å². The van der Waals surface area contributed by atoms with Crippen molar-refractivity contribution in [2.24, 2.45) is 17.9 Å². The van der Waals surface area contributed by atoms with E-state index in [1.165, 1.54) is 12.1 Å². The molecule has 4 N–H and O–H groups in total. The second-order valence-corrected chi connectivity index (χ2v) is 4.78. The van der Waals surface area contributed by atoms with E-state index in [2.05, 4.69) is 15.6 Å². The predicted octanol–water partition coefficient (Wildman–Crippen LogP) is 0.986. The van der Waals surface area contributed by atoms with Gasteiger partial charge in [0, 0.05) is 25.4 Å². The summed E-state index contributed by atoms with van der Waals surface area (Å²) in [5.41, 5.74) is 7.71. The van der Waals surface area contributed by atoms with Crippen molar-refractivity contribution in [2.75, 3.05) is 6.54 Å². The molecule has 0 saturated heterocycles. The zero-order valence-electron chi connectivity index (χ0n) is 11.8. The van der Waals surface area contributed by atoms with Crippen LogP contribution in [0.25, 0.3) is 0 Å². The fraction of sp³-hybridized carbons (Fsp3) is 0.286. The number of nitrogens with one attached hydrogen (secondary N) is 1. The molecule has 0 unspecified atom stereocenters. The van der Waals surface area contributed by atoms with Crippen LogP contribution >= 0.6 is 0 Å². The van der Waals surface area contributed by atoms with Crippen LogP contribution < -0.4 is 11.1 Å². The average Bonchev–Trinajstić information content (AvgIpc) is 2.88. The number of nitrogens with two attached hydrogens (primary N) is 1. The summed E-state index contributed by atoms with van der Waals surface area (Å²) < 4.78 is 15.2. The van der Waals surface area contributed by atoms with E-state index >= 15 is 0 Å². The predicted molar refractivity (Wildman–Crippen MR) is 77.5 cm³/mol. The van der Waals surface area contributed by atoms with Gasteiger partial charge < -0.3 is 16.3 Å². The lowest BCUT2D eigenvalue weighted by atomic mass is 10.1. The van der Waals surface area contributed by atoms with Gasteiger partial charge in [0.2, 0.25) is 0 Å². The topological polar surface area (TPSA) is 88.5 Å². The lowest BCUT2D eigenvalue weighted by molar-refractivity contribution is 0.318. The third-order valence-electron chi connectivity index (χ3n) is 3.04. The molecule has 0 aliphatic rings. The molecule has 0 saturated carbocycles. The zero-order valence-corrected chi connectivity index (χ0v) is 11.8. The number of aryl methyl sites for hydroxylation is 1. The highest BCUT2D eigenvalue weighted by molar-refractivity contribution is 5.97. The molecule has 1 heterocycles. The lowest BCUT2D eigenvalue weighted by Crippen LogP contribution is -2.18.